The Balaban J connectivity index is 0.00000261. The zero-order valence-corrected chi connectivity index (χ0v) is 17.1. The number of rotatable bonds is 6. The van der Waals surface area contributed by atoms with Crippen molar-refractivity contribution in [2.45, 2.75) is 55.7 Å². The van der Waals surface area contributed by atoms with Gasteiger partial charge in [0, 0.05) is 30.8 Å². The predicted octanol–water partition coefficient (Wildman–Crippen LogP) is 1.44. The first-order chi connectivity index (χ1) is 12.4. The lowest BCUT2D eigenvalue weighted by Gasteiger charge is -2.28. The number of sulfonamides is 1. The fourth-order valence-corrected chi connectivity index (χ4v) is 4.47. The maximum absolute atomic E-state index is 12.4. The average molecular weight is 418 g/mol. The SMILES string of the molecule is CC1CC(NC(=O)c2ccc(S(=O)(=O)NCC3CCCO3)cc2)CCN1.Cl. The first kappa shape index (κ1) is 22.1. The van der Waals surface area contributed by atoms with E-state index >= 15 is 0 Å². The molecular weight excluding hydrogens is 390 g/mol. The molecule has 0 bridgehead atoms. The van der Waals surface area contributed by atoms with Gasteiger partial charge in [0.25, 0.3) is 5.91 Å². The second-order valence-electron chi connectivity index (χ2n) is 7.06. The molecule has 2 saturated heterocycles. The zero-order valence-electron chi connectivity index (χ0n) is 15.4. The van der Waals surface area contributed by atoms with Crippen LogP contribution in [0.15, 0.2) is 29.2 Å². The lowest BCUT2D eigenvalue weighted by molar-refractivity contribution is 0.0925. The summed E-state index contributed by atoms with van der Waals surface area (Å²) in [6.45, 7) is 3.95. The smallest absolute Gasteiger partial charge is 0.251 e. The maximum atomic E-state index is 12.4. The second-order valence-corrected chi connectivity index (χ2v) is 8.83. The minimum absolute atomic E-state index is 0. The molecular formula is C18H28ClN3O4S. The second kappa shape index (κ2) is 9.84. The summed E-state index contributed by atoms with van der Waals surface area (Å²) in [5.74, 6) is -0.166. The van der Waals surface area contributed by atoms with Crippen LogP contribution in [0.3, 0.4) is 0 Å². The number of hydrogen-bond donors (Lipinski definition) is 3. The van der Waals surface area contributed by atoms with Crippen molar-refractivity contribution in [3.63, 3.8) is 0 Å². The van der Waals surface area contributed by atoms with Crippen molar-refractivity contribution in [3.05, 3.63) is 29.8 Å². The van der Waals surface area contributed by atoms with E-state index in [0.717, 1.165) is 32.2 Å². The van der Waals surface area contributed by atoms with Crippen molar-refractivity contribution in [2.24, 2.45) is 0 Å². The van der Waals surface area contributed by atoms with Gasteiger partial charge in [0.15, 0.2) is 0 Å². The minimum Gasteiger partial charge on any atom is -0.377 e. The molecule has 3 atom stereocenters. The normalized spacial score (nSPS) is 25.6. The number of carbonyl (C=O) groups excluding carboxylic acids is 1. The van der Waals surface area contributed by atoms with Gasteiger partial charge in [-0.25, -0.2) is 13.1 Å². The summed E-state index contributed by atoms with van der Waals surface area (Å²) >= 11 is 0. The van der Waals surface area contributed by atoms with Gasteiger partial charge in [-0.1, -0.05) is 0 Å². The molecule has 2 fully saturated rings. The molecule has 0 saturated carbocycles. The van der Waals surface area contributed by atoms with Crippen LogP contribution in [0.1, 0.15) is 43.0 Å². The third kappa shape index (κ3) is 6.15. The molecule has 3 unspecified atom stereocenters. The summed E-state index contributed by atoms with van der Waals surface area (Å²) < 4.78 is 32.7. The molecule has 1 aromatic rings. The average Bonchev–Trinajstić information content (AvgIpc) is 3.14. The van der Waals surface area contributed by atoms with Crippen molar-refractivity contribution >= 4 is 28.3 Å². The Morgan fingerprint density at radius 1 is 1.26 bits per heavy atom. The number of piperidine rings is 1. The monoisotopic (exact) mass is 417 g/mol. The summed E-state index contributed by atoms with van der Waals surface area (Å²) in [5, 5.41) is 6.37. The molecule has 9 heteroatoms. The molecule has 1 amide bonds. The molecule has 27 heavy (non-hydrogen) atoms. The van der Waals surface area contributed by atoms with Crippen LogP contribution in [-0.4, -0.2) is 52.2 Å². The Hall–Kier alpha value is -1.19. The molecule has 0 aromatic heterocycles. The van der Waals surface area contributed by atoms with E-state index in [2.05, 4.69) is 22.3 Å². The Kier molecular flexibility index (Phi) is 8.05. The lowest BCUT2D eigenvalue weighted by atomic mass is 10.0. The molecule has 0 spiro atoms. The van der Waals surface area contributed by atoms with Crippen LogP contribution in [-0.2, 0) is 14.8 Å². The fraction of sp³-hybridized carbons (Fsp3) is 0.611. The maximum Gasteiger partial charge on any atom is 0.251 e. The number of carbonyl (C=O) groups is 1. The number of amides is 1. The van der Waals surface area contributed by atoms with Gasteiger partial charge in [0.1, 0.15) is 0 Å². The zero-order chi connectivity index (χ0) is 18.6. The third-order valence-electron chi connectivity index (χ3n) is 4.91. The van der Waals surface area contributed by atoms with Gasteiger partial charge in [-0.2, -0.15) is 0 Å². The van der Waals surface area contributed by atoms with Gasteiger partial charge < -0.3 is 15.4 Å². The van der Waals surface area contributed by atoms with Crippen molar-refractivity contribution < 1.29 is 17.9 Å². The van der Waals surface area contributed by atoms with Gasteiger partial charge in [-0.05, 0) is 63.4 Å². The van der Waals surface area contributed by atoms with E-state index in [1.165, 1.54) is 12.1 Å². The number of benzene rings is 1. The number of hydrogen-bond acceptors (Lipinski definition) is 5. The standard InChI is InChI=1S/C18H27N3O4S.ClH/c1-13-11-15(8-9-19-13)21-18(22)14-4-6-17(7-5-14)26(23,24)20-12-16-3-2-10-25-16;/h4-7,13,15-16,19-20H,2-3,8-12H2,1H3,(H,21,22);1H. The van der Waals surface area contributed by atoms with Crippen LogP contribution >= 0.6 is 12.4 Å². The highest BCUT2D eigenvalue weighted by molar-refractivity contribution is 7.89. The summed E-state index contributed by atoms with van der Waals surface area (Å²) in [7, 11) is -3.59. The summed E-state index contributed by atoms with van der Waals surface area (Å²) in [4.78, 5) is 12.5. The van der Waals surface area contributed by atoms with Crippen molar-refractivity contribution in [1.29, 1.82) is 0 Å². The molecule has 0 radical (unpaired) electrons. The molecule has 3 rings (SSSR count). The Labute approximate surface area is 167 Å². The highest BCUT2D eigenvalue weighted by Crippen LogP contribution is 2.15. The molecule has 2 heterocycles. The van der Waals surface area contributed by atoms with Crippen molar-refractivity contribution in [2.75, 3.05) is 19.7 Å². The van der Waals surface area contributed by atoms with E-state index < -0.39 is 10.0 Å². The van der Waals surface area contributed by atoms with Crippen LogP contribution in [0.2, 0.25) is 0 Å². The van der Waals surface area contributed by atoms with E-state index in [0.29, 0.717) is 18.2 Å². The van der Waals surface area contributed by atoms with Crippen molar-refractivity contribution in [1.82, 2.24) is 15.4 Å². The first-order valence-corrected chi connectivity index (χ1v) is 10.7. The quantitative estimate of drug-likeness (QED) is 0.650. The van der Waals surface area contributed by atoms with Gasteiger partial charge >= 0.3 is 0 Å². The highest BCUT2D eigenvalue weighted by Gasteiger charge is 2.22. The summed E-state index contributed by atoms with van der Waals surface area (Å²) in [5.41, 5.74) is 0.467. The van der Waals surface area contributed by atoms with E-state index in [1.54, 1.807) is 12.1 Å². The number of halogens is 1. The van der Waals surface area contributed by atoms with Crippen LogP contribution in [0.25, 0.3) is 0 Å². The van der Waals surface area contributed by atoms with E-state index in [1.807, 2.05) is 0 Å². The molecule has 152 valence electrons. The van der Waals surface area contributed by atoms with Gasteiger partial charge in [-0.3, -0.25) is 4.79 Å². The van der Waals surface area contributed by atoms with E-state index in [9.17, 15) is 13.2 Å². The highest BCUT2D eigenvalue weighted by atomic mass is 35.5. The molecule has 3 N–H and O–H groups in total. The lowest BCUT2D eigenvalue weighted by Crippen LogP contribution is -2.46. The van der Waals surface area contributed by atoms with Crippen LogP contribution < -0.4 is 15.4 Å². The van der Waals surface area contributed by atoms with Crippen LogP contribution in [0, 0.1) is 0 Å². The van der Waals surface area contributed by atoms with Gasteiger partial charge in [0.2, 0.25) is 10.0 Å². The molecule has 1 aromatic carbocycles. The third-order valence-corrected chi connectivity index (χ3v) is 6.35. The molecule has 7 nitrogen and oxygen atoms in total. The topological polar surface area (TPSA) is 96.5 Å². The first-order valence-electron chi connectivity index (χ1n) is 9.19. The Morgan fingerprint density at radius 3 is 2.63 bits per heavy atom. The Bertz CT molecular complexity index is 721. The van der Waals surface area contributed by atoms with Gasteiger partial charge in [0.05, 0.1) is 11.0 Å². The van der Waals surface area contributed by atoms with Gasteiger partial charge in [-0.15, -0.1) is 12.4 Å². The summed E-state index contributed by atoms with van der Waals surface area (Å²) in [6, 6.07) is 6.59. The van der Waals surface area contributed by atoms with Crippen LogP contribution in [0.5, 0.6) is 0 Å². The number of ether oxygens (including phenoxy) is 1. The fourth-order valence-electron chi connectivity index (χ4n) is 3.41. The van der Waals surface area contributed by atoms with Crippen LogP contribution in [0.4, 0.5) is 0 Å². The van der Waals surface area contributed by atoms with E-state index in [-0.39, 0.29) is 41.9 Å². The molecule has 2 aliphatic rings. The minimum atomic E-state index is -3.59. The Morgan fingerprint density at radius 2 is 2.00 bits per heavy atom. The van der Waals surface area contributed by atoms with E-state index in [4.69, 9.17) is 4.74 Å². The largest absolute Gasteiger partial charge is 0.377 e. The number of nitrogens with one attached hydrogen (secondary N) is 3. The predicted molar refractivity (Wildman–Crippen MR) is 106 cm³/mol. The molecule has 2 aliphatic heterocycles. The van der Waals surface area contributed by atoms with Crippen molar-refractivity contribution in [3.8, 4) is 0 Å². The molecule has 0 aliphatic carbocycles. The summed E-state index contributed by atoms with van der Waals surface area (Å²) in [6.07, 6.45) is 3.58.